The molecule has 3 aromatic rings. The van der Waals surface area contributed by atoms with Gasteiger partial charge in [0.05, 0.1) is 28.0 Å². The summed E-state index contributed by atoms with van der Waals surface area (Å²) in [5.74, 6) is 0. The normalized spacial score (nSPS) is 12.5. The molecule has 0 N–H and O–H groups in total. The van der Waals surface area contributed by atoms with Crippen molar-refractivity contribution >= 4 is 22.2 Å². The maximum absolute atomic E-state index is 12.9. The average molecular weight is 316 g/mol. The van der Waals surface area contributed by atoms with Gasteiger partial charge in [-0.05, 0) is 46.1 Å². The molecule has 0 amide bonds. The van der Waals surface area contributed by atoms with Crippen LogP contribution in [-0.4, -0.2) is 19.6 Å². The molecule has 6 heteroatoms. The van der Waals surface area contributed by atoms with Gasteiger partial charge >= 0.3 is 0 Å². The first kappa shape index (κ1) is 15.0. The number of thiophene rings is 1. The van der Waals surface area contributed by atoms with Gasteiger partial charge in [-0.1, -0.05) is 6.07 Å². The highest BCUT2D eigenvalue weighted by atomic mass is 32.1. The van der Waals surface area contributed by atoms with Crippen LogP contribution in [0.25, 0.3) is 21.5 Å². The van der Waals surface area contributed by atoms with E-state index in [1.807, 2.05) is 56.8 Å². The maximum atomic E-state index is 12.9. The first-order valence-electron chi connectivity index (χ1n) is 7.35. The minimum atomic E-state index is -0.260. The molecule has 0 bridgehead atoms. The van der Waals surface area contributed by atoms with Crippen LogP contribution in [0.4, 0.5) is 0 Å². The first-order valence-corrected chi connectivity index (χ1v) is 8.23. The minimum Gasteiger partial charge on any atom is -0.265 e. The van der Waals surface area contributed by atoms with Gasteiger partial charge in [0.1, 0.15) is 11.2 Å². The Morgan fingerprint density at radius 3 is 2.55 bits per heavy atom. The summed E-state index contributed by atoms with van der Waals surface area (Å²) in [5.41, 5.74) is 1.11. The molecule has 0 aliphatic heterocycles. The highest BCUT2D eigenvalue weighted by Gasteiger charge is 2.24. The van der Waals surface area contributed by atoms with E-state index < -0.39 is 0 Å². The fraction of sp³-hybridized carbons (Fsp3) is 0.438. The Morgan fingerprint density at radius 1 is 1.27 bits per heavy atom. The van der Waals surface area contributed by atoms with Crippen molar-refractivity contribution in [2.45, 2.75) is 46.2 Å². The lowest BCUT2D eigenvalue weighted by Crippen LogP contribution is -2.31. The molecule has 0 saturated heterocycles. The van der Waals surface area contributed by atoms with Crippen LogP contribution in [0.15, 0.2) is 28.5 Å². The second-order valence-electron chi connectivity index (χ2n) is 6.66. The first-order chi connectivity index (χ1) is 10.3. The van der Waals surface area contributed by atoms with E-state index in [9.17, 15) is 4.79 Å². The number of hydrogen-bond acceptors (Lipinski definition) is 4. The van der Waals surface area contributed by atoms with Crippen molar-refractivity contribution in [2.75, 3.05) is 0 Å². The summed E-state index contributed by atoms with van der Waals surface area (Å²) in [6.45, 7) is 10.1. The van der Waals surface area contributed by atoms with E-state index in [-0.39, 0.29) is 17.1 Å². The second-order valence-corrected chi connectivity index (χ2v) is 7.61. The van der Waals surface area contributed by atoms with Crippen LogP contribution in [0, 0.1) is 0 Å². The third kappa shape index (κ3) is 2.27. The van der Waals surface area contributed by atoms with Gasteiger partial charge in [0.2, 0.25) is 0 Å². The average Bonchev–Trinajstić information content (AvgIpc) is 3.07. The Bertz CT molecular complexity index is 866. The van der Waals surface area contributed by atoms with Crippen molar-refractivity contribution in [2.24, 2.45) is 0 Å². The van der Waals surface area contributed by atoms with Crippen molar-refractivity contribution in [1.82, 2.24) is 19.6 Å². The van der Waals surface area contributed by atoms with Gasteiger partial charge in [-0.25, -0.2) is 4.68 Å². The highest BCUT2D eigenvalue weighted by Crippen LogP contribution is 2.30. The third-order valence-electron chi connectivity index (χ3n) is 3.52. The molecule has 3 heterocycles. The monoisotopic (exact) mass is 316 g/mol. The Kier molecular flexibility index (Phi) is 3.44. The molecule has 0 fully saturated rings. The molecule has 0 unspecified atom stereocenters. The van der Waals surface area contributed by atoms with Crippen LogP contribution in [0.1, 0.15) is 40.7 Å². The van der Waals surface area contributed by atoms with E-state index in [1.165, 1.54) is 0 Å². The highest BCUT2D eigenvalue weighted by molar-refractivity contribution is 7.13. The number of aromatic nitrogens is 4. The number of rotatable bonds is 2. The molecule has 0 spiro atoms. The van der Waals surface area contributed by atoms with Crippen molar-refractivity contribution < 1.29 is 0 Å². The molecular formula is C16H20N4OS. The topological polar surface area (TPSA) is 52.7 Å². The molecule has 0 atom stereocenters. The van der Waals surface area contributed by atoms with Gasteiger partial charge in [0, 0.05) is 0 Å². The summed E-state index contributed by atoms with van der Waals surface area (Å²) in [4.78, 5) is 13.9. The zero-order valence-electron chi connectivity index (χ0n) is 13.5. The zero-order chi connectivity index (χ0) is 16.1. The molecule has 0 aromatic carbocycles. The van der Waals surface area contributed by atoms with Crippen LogP contribution in [-0.2, 0) is 5.54 Å². The lowest BCUT2D eigenvalue weighted by molar-refractivity contribution is 0.365. The number of fused-ring (bicyclic) bond motifs is 1. The lowest BCUT2D eigenvalue weighted by Gasteiger charge is -2.21. The van der Waals surface area contributed by atoms with Gasteiger partial charge in [0.25, 0.3) is 5.56 Å². The third-order valence-corrected chi connectivity index (χ3v) is 4.40. The Balaban J connectivity index is 2.46. The molecule has 0 radical (unpaired) electrons. The summed E-state index contributed by atoms with van der Waals surface area (Å²) in [6, 6.07) is 4.02. The summed E-state index contributed by atoms with van der Waals surface area (Å²) < 4.78 is 3.36. The van der Waals surface area contributed by atoms with Crippen molar-refractivity contribution in [3.63, 3.8) is 0 Å². The van der Waals surface area contributed by atoms with E-state index >= 15 is 0 Å². The fourth-order valence-corrected chi connectivity index (χ4v) is 3.22. The summed E-state index contributed by atoms with van der Waals surface area (Å²) in [5, 5.41) is 11.9. The van der Waals surface area contributed by atoms with E-state index in [4.69, 9.17) is 0 Å². The predicted octanol–water partition coefficient (Wildman–Crippen LogP) is 3.66. The molecule has 0 saturated carbocycles. The Labute approximate surface area is 133 Å². The van der Waals surface area contributed by atoms with Crippen molar-refractivity contribution in [1.29, 1.82) is 0 Å². The van der Waals surface area contributed by atoms with Crippen LogP contribution >= 0.6 is 11.3 Å². The van der Waals surface area contributed by atoms with E-state index in [0.717, 1.165) is 16.0 Å². The predicted molar refractivity (Wildman–Crippen MR) is 90.5 cm³/mol. The SMILES string of the molecule is CC(C)n1nc(-c2cccs2)c2cnn(C(C)(C)C)c2c1=O. The summed E-state index contributed by atoms with van der Waals surface area (Å²) in [7, 11) is 0. The maximum Gasteiger partial charge on any atom is 0.293 e. The van der Waals surface area contributed by atoms with Crippen molar-refractivity contribution in [3.05, 3.63) is 34.1 Å². The van der Waals surface area contributed by atoms with E-state index in [2.05, 4.69) is 10.2 Å². The lowest BCUT2D eigenvalue weighted by atomic mass is 10.1. The molecule has 3 rings (SSSR count). The van der Waals surface area contributed by atoms with Crippen LogP contribution < -0.4 is 5.56 Å². The number of hydrogen-bond donors (Lipinski definition) is 0. The summed E-state index contributed by atoms with van der Waals surface area (Å²) in [6.07, 6.45) is 1.76. The van der Waals surface area contributed by atoms with Crippen molar-refractivity contribution in [3.8, 4) is 10.6 Å². The van der Waals surface area contributed by atoms with Gasteiger partial charge in [-0.3, -0.25) is 9.48 Å². The molecule has 22 heavy (non-hydrogen) atoms. The zero-order valence-corrected chi connectivity index (χ0v) is 14.3. The molecular weight excluding hydrogens is 296 g/mol. The van der Waals surface area contributed by atoms with E-state index in [1.54, 1.807) is 22.2 Å². The molecule has 5 nitrogen and oxygen atoms in total. The Hall–Kier alpha value is -1.95. The van der Waals surface area contributed by atoms with Gasteiger partial charge in [-0.15, -0.1) is 11.3 Å². The summed E-state index contributed by atoms with van der Waals surface area (Å²) >= 11 is 1.62. The van der Waals surface area contributed by atoms with Crippen LogP contribution in [0.5, 0.6) is 0 Å². The molecule has 0 aliphatic carbocycles. The second kappa shape index (κ2) is 5.05. The van der Waals surface area contributed by atoms with Gasteiger partial charge in [0.15, 0.2) is 0 Å². The minimum absolute atomic E-state index is 0.000990. The van der Waals surface area contributed by atoms with Gasteiger partial charge in [-0.2, -0.15) is 10.2 Å². The smallest absolute Gasteiger partial charge is 0.265 e. The van der Waals surface area contributed by atoms with Crippen LogP contribution in [0.3, 0.4) is 0 Å². The van der Waals surface area contributed by atoms with Gasteiger partial charge < -0.3 is 0 Å². The fourth-order valence-electron chi connectivity index (χ4n) is 2.50. The Morgan fingerprint density at radius 2 is 2.00 bits per heavy atom. The largest absolute Gasteiger partial charge is 0.293 e. The van der Waals surface area contributed by atoms with E-state index in [0.29, 0.717) is 5.52 Å². The molecule has 116 valence electrons. The quantitative estimate of drug-likeness (QED) is 0.725. The molecule has 3 aromatic heterocycles. The number of nitrogens with zero attached hydrogens (tertiary/aromatic N) is 4. The standard InChI is InChI=1S/C16H20N4OS/c1-10(2)19-15(21)14-11(9-17-20(14)16(3,4)5)13(18-19)12-7-6-8-22-12/h6-10H,1-5H3. The van der Waals surface area contributed by atoms with Crippen LogP contribution in [0.2, 0.25) is 0 Å². The molecule has 0 aliphatic rings.